The van der Waals surface area contributed by atoms with Gasteiger partial charge < -0.3 is 10.6 Å². The maximum Gasteiger partial charge on any atom is 0.225 e. The van der Waals surface area contributed by atoms with Crippen molar-refractivity contribution in [3.8, 4) is 11.3 Å². The van der Waals surface area contributed by atoms with E-state index in [1.807, 2.05) is 48.9 Å². The number of aromatic nitrogens is 3. The van der Waals surface area contributed by atoms with Crippen LogP contribution < -0.4 is 10.6 Å². The van der Waals surface area contributed by atoms with Crippen LogP contribution in [0.4, 0.5) is 11.6 Å². The van der Waals surface area contributed by atoms with Crippen molar-refractivity contribution in [1.82, 2.24) is 15.0 Å². The Kier molecular flexibility index (Phi) is 6.53. The van der Waals surface area contributed by atoms with E-state index in [0.717, 1.165) is 53.4 Å². The number of aryl methyl sites for hydroxylation is 1. The summed E-state index contributed by atoms with van der Waals surface area (Å²) in [7, 11) is 0. The Labute approximate surface area is 183 Å². The summed E-state index contributed by atoms with van der Waals surface area (Å²) in [4.78, 5) is 16.1. The Morgan fingerprint density at radius 1 is 0.742 bits per heavy atom. The topological polar surface area (TPSA) is 67.9 Å². The summed E-state index contributed by atoms with van der Waals surface area (Å²) in [6.45, 7) is 3.61. The number of benzene rings is 2. The summed E-state index contributed by atoms with van der Waals surface area (Å²) >= 11 is 0. The van der Waals surface area contributed by atoms with Crippen molar-refractivity contribution in [3.63, 3.8) is 0 Å². The molecule has 0 aliphatic heterocycles. The second-order valence-electron chi connectivity index (χ2n) is 7.58. The lowest BCUT2D eigenvalue weighted by molar-refractivity contribution is 0.747. The van der Waals surface area contributed by atoms with Gasteiger partial charge in [-0.15, -0.1) is 0 Å². The zero-order chi connectivity index (χ0) is 21.5. The average molecular weight is 410 g/mol. The molecule has 2 aromatic carbocycles. The monoisotopic (exact) mass is 409 g/mol. The van der Waals surface area contributed by atoms with Gasteiger partial charge >= 0.3 is 0 Å². The largest absolute Gasteiger partial charge is 0.399 e. The number of rotatable bonds is 8. The lowest BCUT2D eigenvalue weighted by Gasteiger charge is -2.23. The standard InChI is InChI=1S/C26H27N5/c1-2-20-16-29-26(30-17-20)31(15-14-21-8-11-24(27)12-9-21)19-22-10-13-25(28-18-22)23-6-4-3-5-7-23/h3-13,16-18H,2,14-15,19,27H2,1H3. The predicted molar refractivity (Wildman–Crippen MR) is 127 cm³/mol. The summed E-state index contributed by atoms with van der Waals surface area (Å²) < 4.78 is 0. The Morgan fingerprint density at radius 3 is 2.06 bits per heavy atom. The molecule has 0 saturated heterocycles. The molecule has 4 rings (SSSR count). The molecule has 0 aliphatic carbocycles. The van der Waals surface area contributed by atoms with Crippen molar-refractivity contribution in [2.45, 2.75) is 26.3 Å². The van der Waals surface area contributed by atoms with Crippen LogP contribution in [0.2, 0.25) is 0 Å². The van der Waals surface area contributed by atoms with Crippen LogP contribution in [0.25, 0.3) is 11.3 Å². The van der Waals surface area contributed by atoms with Crippen molar-refractivity contribution >= 4 is 11.6 Å². The fourth-order valence-corrected chi connectivity index (χ4v) is 3.41. The van der Waals surface area contributed by atoms with Crippen molar-refractivity contribution < 1.29 is 0 Å². The van der Waals surface area contributed by atoms with Gasteiger partial charge in [-0.25, -0.2) is 9.97 Å². The van der Waals surface area contributed by atoms with E-state index in [0.29, 0.717) is 6.54 Å². The molecule has 0 bridgehead atoms. The van der Waals surface area contributed by atoms with Crippen molar-refractivity contribution in [1.29, 1.82) is 0 Å². The minimum absolute atomic E-state index is 0.697. The first-order valence-electron chi connectivity index (χ1n) is 10.6. The Balaban J connectivity index is 1.52. The molecule has 0 aliphatic rings. The Bertz CT molecular complexity index is 1080. The van der Waals surface area contributed by atoms with Gasteiger partial charge in [0.05, 0.1) is 5.69 Å². The van der Waals surface area contributed by atoms with Crippen LogP contribution >= 0.6 is 0 Å². The van der Waals surface area contributed by atoms with E-state index in [1.165, 1.54) is 5.56 Å². The fraction of sp³-hybridized carbons (Fsp3) is 0.192. The van der Waals surface area contributed by atoms with Crippen LogP contribution in [0.3, 0.4) is 0 Å². The Hall–Kier alpha value is -3.73. The first-order chi connectivity index (χ1) is 15.2. The SMILES string of the molecule is CCc1cnc(N(CCc2ccc(N)cc2)Cc2ccc(-c3ccccc3)nc2)nc1. The third-order valence-corrected chi connectivity index (χ3v) is 5.30. The molecule has 0 fully saturated rings. The minimum atomic E-state index is 0.697. The highest BCUT2D eigenvalue weighted by Crippen LogP contribution is 2.19. The van der Waals surface area contributed by atoms with Crippen LogP contribution in [0.5, 0.6) is 0 Å². The van der Waals surface area contributed by atoms with E-state index in [1.54, 1.807) is 0 Å². The molecule has 0 saturated carbocycles. The number of anilines is 2. The van der Waals surface area contributed by atoms with Gasteiger partial charge in [0, 0.05) is 42.9 Å². The molecular formula is C26H27N5. The molecule has 2 aromatic heterocycles. The van der Waals surface area contributed by atoms with Crippen molar-refractivity contribution in [2.75, 3.05) is 17.2 Å². The molecule has 2 N–H and O–H groups in total. The molecule has 31 heavy (non-hydrogen) atoms. The molecule has 0 radical (unpaired) electrons. The second-order valence-corrected chi connectivity index (χ2v) is 7.58. The number of nitrogens with zero attached hydrogens (tertiary/aromatic N) is 4. The Morgan fingerprint density at radius 2 is 1.42 bits per heavy atom. The summed E-state index contributed by atoms with van der Waals surface area (Å²) in [5.74, 6) is 0.736. The first-order valence-corrected chi connectivity index (χ1v) is 10.6. The maximum atomic E-state index is 5.82. The van der Waals surface area contributed by atoms with Crippen LogP contribution in [0.15, 0.2) is 85.3 Å². The summed E-state index contributed by atoms with van der Waals surface area (Å²) in [5.41, 5.74) is 12.2. The lowest BCUT2D eigenvalue weighted by atomic mass is 10.1. The van der Waals surface area contributed by atoms with Gasteiger partial charge in [0.15, 0.2) is 0 Å². The highest BCUT2D eigenvalue weighted by Gasteiger charge is 2.12. The van der Waals surface area contributed by atoms with Gasteiger partial charge in [0.1, 0.15) is 0 Å². The number of nitrogens with two attached hydrogens (primary N) is 1. The van der Waals surface area contributed by atoms with E-state index < -0.39 is 0 Å². The highest BCUT2D eigenvalue weighted by atomic mass is 15.2. The normalized spacial score (nSPS) is 10.7. The van der Waals surface area contributed by atoms with Gasteiger partial charge in [0.2, 0.25) is 5.95 Å². The fourth-order valence-electron chi connectivity index (χ4n) is 3.41. The van der Waals surface area contributed by atoms with Crippen LogP contribution in [0.1, 0.15) is 23.6 Å². The molecule has 0 spiro atoms. The first kappa shape index (κ1) is 20.5. The molecule has 5 nitrogen and oxygen atoms in total. The molecule has 0 amide bonds. The second kappa shape index (κ2) is 9.85. The van der Waals surface area contributed by atoms with Crippen LogP contribution in [-0.4, -0.2) is 21.5 Å². The number of pyridine rings is 1. The predicted octanol–water partition coefficient (Wildman–Crippen LogP) is 4.93. The van der Waals surface area contributed by atoms with Crippen molar-refractivity contribution in [3.05, 3.63) is 102 Å². The zero-order valence-corrected chi connectivity index (χ0v) is 17.8. The summed E-state index contributed by atoms with van der Waals surface area (Å²) in [5, 5.41) is 0. The lowest BCUT2D eigenvalue weighted by Crippen LogP contribution is -2.27. The van der Waals surface area contributed by atoms with Crippen LogP contribution in [-0.2, 0) is 19.4 Å². The summed E-state index contributed by atoms with van der Waals surface area (Å²) in [6, 6.07) is 22.5. The maximum absolute atomic E-state index is 5.82. The molecule has 0 unspecified atom stereocenters. The number of nitrogen functional groups attached to an aromatic ring is 1. The minimum Gasteiger partial charge on any atom is -0.399 e. The number of hydrogen-bond donors (Lipinski definition) is 1. The molecule has 156 valence electrons. The van der Waals surface area contributed by atoms with Gasteiger partial charge in [-0.2, -0.15) is 0 Å². The molecule has 4 aromatic rings. The molecular weight excluding hydrogens is 382 g/mol. The van der Waals surface area contributed by atoms with Gasteiger partial charge in [0.25, 0.3) is 0 Å². The molecule has 2 heterocycles. The van der Waals surface area contributed by atoms with Gasteiger partial charge in [-0.1, -0.05) is 55.5 Å². The van der Waals surface area contributed by atoms with Crippen LogP contribution in [0, 0.1) is 0 Å². The van der Waals surface area contributed by atoms with E-state index in [4.69, 9.17) is 5.73 Å². The van der Waals surface area contributed by atoms with E-state index in [2.05, 4.69) is 63.2 Å². The third kappa shape index (κ3) is 5.45. The molecule has 5 heteroatoms. The number of hydrogen-bond acceptors (Lipinski definition) is 5. The highest BCUT2D eigenvalue weighted by molar-refractivity contribution is 5.58. The molecule has 0 atom stereocenters. The van der Waals surface area contributed by atoms with E-state index in [9.17, 15) is 0 Å². The van der Waals surface area contributed by atoms with Gasteiger partial charge in [-0.3, -0.25) is 4.98 Å². The zero-order valence-electron chi connectivity index (χ0n) is 17.8. The van der Waals surface area contributed by atoms with Gasteiger partial charge in [-0.05, 0) is 47.7 Å². The average Bonchev–Trinajstić information content (AvgIpc) is 2.84. The van der Waals surface area contributed by atoms with E-state index >= 15 is 0 Å². The smallest absolute Gasteiger partial charge is 0.225 e. The quantitative estimate of drug-likeness (QED) is 0.418. The van der Waals surface area contributed by atoms with Crippen molar-refractivity contribution in [2.24, 2.45) is 0 Å². The van der Waals surface area contributed by atoms with E-state index in [-0.39, 0.29) is 0 Å². The summed E-state index contributed by atoms with van der Waals surface area (Å²) in [6.07, 6.45) is 7.58. The third-order valence-electron chi connectivity index (χ3n) is 5.30.